The van der Waals surface area contributed by atoms with Crippen molar-refractivity contribution in [2.24, 2.45) is 0 Å². The second-order valence-electron chi connectivity index (χ2n) is 28.8. The van der Waals surface area contributed by atoms with Gasteiger partial charge in [-0.15, -0.1) is 0 Å². The van der Waals surface area contributed by atoms with Crippen molar-refractivity contribution in [3.63, 3.8) is 0 Å². The summed E-state index contributed by atoms with van der Waals surface area (Å²) in [6.45, 7) is 13.8. The van der Waals surface area contributed by atoms with E-state index in [1.54, 1.807) is 0 Å². The highest BCUT2D eigenvalue weighted by Gasteiger charge is 2.48. The first-order valence-corrected chi connectivity index (χ1v) is 38.6. The first-order valence-electron chi connectivity index (χ1n) is 34.6. The summed E-state index contributed by atoms with van der Waals surface area (Å²) in [4.78, 5) is 5.29. The molecule has 3 heterocycles. The lowest BCUT2D eigenvalue weighted by molar-refractivity contribution is 0.590. The number of para-hydroxylation sites is 1. The van der Waals surface area contributed by atoms with Gasteiger partial charge in [-0.2, -0.15) is 0 Å². The fourth-order valence-electron chi connectivity index (χ4n) is 16.5. The van der Waals surface area contributed by atoms with Gasteiger partial charge in [-0.25, -0.2) is 0 Å². The monoisotopic (exact) mass is 1290 g/mol. The molecule has 2 aliphatic rings. The van der Waals surface area contributed by atoms with Crippen LogP contribution in [0.15, 0.2) is 352 Å². The number of rotatable bonds is 12. The van der Waals surface area contributed by atoms with Crippen LogP contribution < -0.4 is 67.7 Å². The van der Waals surface area contributed by atoms with Gasteiger partial charge in [0.1, 0.15) is 0 Å². The third-order valence-corrected chi connectivity index (χ3v) is 30.7. The lowest BCUT2D eigenvalue weighted by Gasteiger charge is -2.45. The van der Waals surface area contributed by atoms with Gasteiger partial charge < -0.3 is 14.4 Å². The van der Waals surface area contributed by atoms with E-state index in [-0.39, 0.29) is 17.5 Å². The zero-order valence-electron chi connectivity index (χ0n) is 56.4. The minimum atomic E-state index is -3.07. The number of hydrogen-bond donors (Lipinski definition) is 0. The molecule has 0 aliphatic carbocycles. The molecule has 17 rings (SSSR count). The summed E-state index contributed by atoms with van der Waals surface area (Å²) in [5, 5.41) is 13.2. The topological polar surface area (TPSA) is 11.4 Å². The standard InChI is InChI=1S/C92H76BN3Si2/c1-91(2,3)67-51-56-84-80(59-67)81-60-68(92(4,5)6)52-57-85(81)96(84)71-62-88-90-89(63-71)95(70-36-31-49-78(61-70)97(72-37-19-9-20-38-72,73-39-21-10-22-40-73)74-41-23-11-24-42-74)86-55-50-66(65-32-15-7-16-33-65)58-83(86)93(90)82-54-53-79(64-87(82)94(88)69-34-17-8-18-35-69)98(75-43-25-12-26-44-75,76-45-27-13-28-46-76)77-47-29-14-30-48-77/h7-64H,1-6H3. The molecule has 0 saturated heterocycles. The Bertz CT molecular complexity index is 5180. The molecule has 98 heavy (non-hydrogen) atoms. The lowest BCUT2D eigenvalue weighted by atomic mass is 9.33. The normalized spacial score (nSPS) is 12.9. The predicted molar refractivity (Wildman–Crippen MR) is 425 cm³/mol. The maximum atomic E-state index is 2.65. The molecule has 2 aliphatic heterocycles. The molecule has 0 spiro atoms. The Labute approximate surface area is 579 Å². The molecular weight excluding hydrogens is 1210 g/mol. The maximum Gasteiger partial charge on any atom is 0.252 e. The van der Waals surface area contributed by atoms with Gasteiger partial charge in [0.25, 0.3) is 6.71 Å². The molecule has 0 fully saturated rings. The van der Waals surface area contributed by atoms with Crippen molar-refractivity contribution in [3.8, 4) is 16.8 Å². The van der Waals surface area contributed by atoms with E-state index in [1.165, 1.54) is 108 Å². The first kappa shape index (κ1) is 60.6. The first-order chi connectivity index (χ1) is 47.9. The van der Waals surface area contributed by atoms with Crippen molar-refractivity contribution >= 4 is 137 Å². The number of benzene rings is 14. The summed E-state index contributed by atoms with van der Waals surface area (Å²) in [5.41, 5.74) is 19.0. The molecule has 0 atom stereocenters. The Balaban J connectivity index is 1.02. The van der Waals surface area contributed by atoms with Crippen molar-refractivity contribution in [1.29, 1.82) is 0 Å². The van der Waals surface area contributed by atoms with Gasteiger partial charge in [0, 0.05) is 44.9 Å². The quantitative estimate of drug-likeness (QED) is 0.0892. The molecule has 1 aromatic heterocycles. The van der Waals surface area contributed by atoms with E-state index in [0.29, 0.717) is 0 Å². The second kappa shape index (κ2) is 24.0. The van der Waals surface area contributed by atoms with E-state index in [2.05, 4.69) is 408 Å². The predicted octanol–water partition coefficient (Wildman–Crippen LogP) is 15.9. The van der Waals surface area contributed by atoms with Crippen LogP contribution in [-0.4, -0.2) is 27.4 Å². The van der Waals surface area contributed by atoms with Crippen LogP contribution in [0.25, 0.3) is 38.6 Å². The molecule has 15 aromatic rings. The third-order valence-electron chi connectivity index (χ3n) is 21.1. The molecule has 0 unspecified atom stereocenters. The van der Waals surface area contributed by atoms with Crippen LogP contribution in [0.2, 0.25) is 0 Å². The van der Waals surface area contributed by atoms with Crippen LogP contribution in [0.5, 0.6) is 0 Å². The Morgan fingerprint density at radius 2 is 0.643 bits per heavy atom. The summed E-state index contributed by atoms with van der Waals surface area (Å²) in [6.07, 6.45) is 0. The molecule has 6 heteroatoms. The third kappa shape index (κ3) is 9.82. The molecule has 470 valence electrons. The smallest absolute Gasteiger partial charge is 0.252 e. The molecule has 14 aromatic carbocycles. The van der Waals surface area contributed by atoms with Gasteiger partial charge in [-0.05, 0) is 164 Å². The minimum absolute atomic E-state index is 0.0650. The van der Waals surface area contributed by atoms with Crippen LogP contribution >= 0.6 is 0 Å². The molecule has 3 nitrogen and oxygen atoms in total. The molecular formula is C92H76BN3Si2. The average molecular weight is 1290 g/mol. The van der Waals surface area contributed by atoms with Crippen molar-refractivity contribution < 1.29 is 0 Å². The van der Waals surface area contributed by atoms with E-state index in [4.69, 9.17) is 0 Å². The number of fused-ring (bicyclic) bond motifs is 7. The van der Waals surface area contributed by atoms with E-state index < -0.39 is 16.1 Å². The molecule has 0 radical (unpaired) electrons. The van der Waals surface area contributed by atoms with Crippen LogP contribution in [0.4, 0.5) is 34.1 Å². The van der Waals surface area contributed by atoms with E-state index in [9.17, 15) is 0 Å². The number of hydrogen-bond acceptors (Lipinski definition) is 2. The highest BCUT2D eigenvalue weighted by Crippen LogP contribution is 2.47. The van der Waals surface area contributed by atoms with Crippen LogP contribution in [-0.2, 0) is 10.8 Å². The fourth-order valence-corrected chi connectivity index (χ4v) is 26.1. The number of nitrogens with zero attached hydrogens (tertiary/aromatic N) is 3. The zero-order valence-corrected chi connectivity index (χ0v) is 58.4. The van der Waals surface area contributed by atoms with Crippen molar-refractivity contribution in [2.45, 2.75) is 52.4 Å². The van der Waals surface area contributed by atoms with Gasteiger partial charge in [-0.1, -0.05) is 321 Å². The molecule has 0 bridgehead atoms. The van der Waals surface area contributed by atoms with Crippen LogP contribution in [0.3, 0.4) is 0 Å². The summed E-state index contributed by atoms with van der Waals surface area (Å²) < 4.78 is 2.59. The van der Waals surface area contributed by atoms with Gasteiger partial charge >= 0.3 is 0 Å². The van der Waals surface area contributed by atoms with E-state index >= 15 is 0 Å². The number of aromatic nitrogens is 1. The highest BCUT2D eigenvalue weighted by atomic mass is 28.3. The van der Waals surface area contributed by atoms with Gasteiger partial charge in [0.2, 0.25) is 0 Å². The van der Waals surface area contributed by atoms with Crippen molar-refractivity contribution in [2.75, 3.05) is 9.80 Å². The number of anilines is 6. The fraction of sp³-hybridized carbons (Fsp3) is 0.0870. The molecule has 0 saturated carbocycles. The Morgan fingerprint density at radius 1 is 0.255 bits per heavy atom. The van der Waals surface area contributed by atoms with Gasteiger partial charge in [0.15, 0.2) is 16.1 Å². The van der Waals surface area contributed by atoms with Crippen molar-refractivity contribution in [1.82, 2.24) is 4.57 Å². The molecule has 0 amide bonds. The summed E-state index contributed by atoms with van der Waals surface area (Å²) >= 11 is 0. The highest BCUT2D eigenvalue weighted by molar-refractivity contribution is 7.20. The Hall–Kier alpha value is -11.0. The van der Waals surface area contributed by atoms with Crippen molar-refractivity contribution in [3.05, 3.63) is 363 Å². The zero-order chi connectivity index (χ0) is 66.3. The maximum absolute atomic E-state index is 3.07. The van der Waals surface area contributed by atoms with Crippen LogP contribution in [0.1, 0.15) is 52.7 Å². The minimum Gasteiger partial charge on any atom is -0.311 e. The molecule has 0 N–H and O–H groups in total. The van der Waals surface area contributed by atoms with E-state index in [1.807, 2.05) is 0 Å². The largest absolute Gasteiger partial charge is 0.311 e. The SMILES string of the molecule is CC(C)(C)c1ccc2c(c1)c1cc(C(C)(C)C)ccc1n2-c1cc2c3c(c1)N(c1ccccc1)c1cc([Si](c4ccccc4)(c4ccccc4)c4ccccc4)ccc1B3c1cc(-c3ccccc3)ccc1N2c1cccc([Si](c2ccccc2)(c2ccccc2)c2ccccc2)c1. The Morgan fingerprint density at radius 3 is 1.08 bits per heavy atom. The van der Waals surface area contributed by atoms with Gasteiger partial charge in [0.05, 0.1) is 16.7 Å². The van der Waals surface area contributed by atoms with Gasteiger partial charge in [-0.3, -0.25) is 0 Å². The van der Waals surface area contributed by atoms with Crippen LogP contribution in [0, 0.1) is 0 Å². The summed E-state index contributed by atoms with van der Waals surface area (Å²) in [7, 11) is -6.11. The summed E-state index contributed by atoms with van der Waals surface area (Å²) in [5.74, 6) is 0. The van der Waals surface area contributed by atoms with E-state index in [0.717, 1.165) is 34.1 Å². The average Bonchev–Trinajstić information content (AvgIpc) is 0.833. The Kier molecular flexibility index (Phi) is 14.8. The lowest BCUT2D eigenvalue weighted by Crippen LogP contribution is -2.75. The second-order valence-corrected chi connectivity index (χ2v) is 36.4. The summed E-state index contributed by atoms with van der Waals surface area (Å²) in [6, 6.07) is 135.